The van der Waals surface area contributed by atoms with E-state index in [9.17, 15) is 0 Å². The molecule has 2 N–H and O–H groups in total. The van der Waals surface area contributed by atoms with Crippen molar-refractivity contribution < 1.29 is 4.74 Å². The van der Waals surface area contributed by atoms with Crippen LogP contribution in [-0.4, -0.2) is 22.6 Å². The highest BCUT2D eigenvalue weighted by molar-refractivity contribution is 5.23. The highest BCUT2D eigenvalue weighted by Crippen LogP contribution is 2.23. The summed E-state index contributed by atoms with van der Waals surface area (Å²) in [7, 11) is 0. The van der Waals surface area contributed by atoms with E-state index >= 15 is 0 Å². The third-order valence-corrected chi connectivity index (χ3v) is 2.93. The highest BCUT2D eigenvalue weighted by Gasteiger charge is 2.17. The van der Waals surface area contributed by atoms with Crippen LogP contribution in [0, 0.1) is 0 Å². The van der Waals surface area contributed by atoms with Crippen molar-refractivity contribution in [3.05, 3.63) is 59.7 Å². The molecule has 0 bridgehead atoms. The van der Waals surface area contributed by atoms with Gasteiger partial charge >= 0.3 is 0 Å². The van der Waals surface area contributed by atoms with E-state index in [0.717, 1.165) is 17.7 Å². The van der Waals surface area contributed by atoms with Crippen LogP contribution in [0.2, 0.25) is 0 Å². The van der Waals surface area contributed by atoms with Gasteiger partial charge in [-0.15, -0.1) is 0 Å². The molecular weight excluding hydrogens is 250 g/mol. The number of rotatable bonds is 6. The molecule has 0 amide bonds. The maximum Gasteiger partial charge on any atom is 0.162 e. The molecule has 0 aliphatic carbocycles. The van der Waals surface area contributed by atoms with Crippen LogP contribution in [0.4, 0.5) is 0 Å². The van der Waals surface area contributed by atoms with Gasteiger partial charge in [-0.2, -0.15) is 0 Å². The van der Waals surface area contributed by atoms with Gasteiger partial charge < -0.3 is 10.5 Å². The number of nitrogens with zero attached hydrogens (tertiary/aromatic N) is 2. The van der Waals surface area contributed by atoms with Crippen molar-refractivity contribution in [3.63, 3.8) is 0 Å². The minimum atomic E-state index is -0.228. The topological polar surface area (TPSA) is 61.0 Å². The fraction of sp³-hybridized carbons (Fsp3) is 0.375. The highest BCUT2D eigenvalue weighted by atomic mass is 16.5. The van der Waals surface area contributed by atoms with E-state index < -0.39 is 0 Å². The van der Waals surface area contributed by atoms with Gasteiger partial charge in [0.05, 0.1) is 0 Å². The zero-order valence-electron chi connectivity index (χ0n) is 12.0. The molecule has 0 spiro atoms. The molecule has 0 radical (unpaired) electrons. The first kappa shape index (κ1) is 14.6. The van der Waals surface area contributed by atoms with Gasteiger partial charge in [0.25, 0.3) is 0 Å². The second-order valence-corrected chi connectivity index (χ2v) is 4.83. The Morgan fingerprint density at radius 2 is 1.95 bits per heavy atom. The average molecular weight is 271 g/mol. The van der Waals surface area contributed by atoms with E-state index in [1.165, 1.54) is 0 Å². The second kappa shape index (κ2) is 7.12. The number of benzene rings is 1. The summed E-state index contributed by atoms with van der Waals surface area (Å²) in [6.07, 6.45) is 2.28. The number of hydrogen-bond acceptors (Lipinski definition) is 4. The van der Waals surface area contributed by atoms with Gasteiger partial charge in [0.2, 0.25) is 0 Å². The molecule has 2 atom stereocenters. The molecule has 0 aliphatic heterocycles. The lowest BCUT2D eigenvalue weighted by Gasteiger charge is -2.17. The van der Waals surface area contributed by atoms with Gasteiger partial charge in [0.15, 0.2) is 5.82 Å². The summed E-state index contributed by atoms with van der Waals surface area (Å²) in [6.45, 7) is 4.56. The SMILES string of the molecule is CCOC(c1ccccc1)c1nccc(CC(C)N)n1. The van der Waals surface area contributed by atoms with Crippen molar-refractivity contribution in [1.82, 2.24) is 9.97 Å². The van der Waals surface area contributed by atoms with E-state index in [1.54, 1.807) is 6.20 Å². The van der Waals surface area contributed by atoms with E-state index in [2.05, 4.69) is 9.97 Å². The third-order valence-electron chi connectivity index (χ3n) is 2.93. The average Bonchev–Trinajstić information content (AvgIpc) is 2.45. The first-order valence-corrected chi connectivity index (χ1v) is 6.94. The zero-order valence-corrected chi connectivity index (χ0v) is 12.0. The lowest BCUT2D eigenvalue weighted by Crippen LogP contribution is -2.19. The summed E-state index contributed by atoms with van der Waals surface area (Å²) >= 11 is 0. The largest absolute Gasteiger partial charge is 0.366 e. The van der Waals surface area contributed by atoms with Gasteiger partial charge in [0.1, 0.15) is 6.10 Å². The van der Waals surface area contributed by atoms with Crippen molar-refractivity contribution in [3.8, 4) is 0 Å². The van der Waals surface area contributed by atoms with Crippen LogP contribution in [0.15, 0.2) is 42.6 Å². The predicted molar refractivity (Wildman–Crippen MR) is 79.3 cm³/mol. The Bertz CT molecular complexity index is 528. The molecule has 106 valence electrons. The van der Waals surface area contributed by atoms with Crippen molar-refractivity contribution >= 4 is 0 Å². The molecule has 0 fully saturated rings. The number of aromatic nitrogens is 2. The molecule has 2 unspecified atom stereocenters. The van der Waals surface area contributed by atoms with Crippen molar-refractivity contribution in [2.24, 2.45) is 5.73 Å². The van der Waals surface area contributed by atoms with Crippen LogP contribution >= 0.6 is 0 Å². The van der Waals surface area contributed by atoms with Gasteiger partial charge in [-0.25, -0.2) is 9.97 Å². The second-order valence-electron chi connectivity index (χ2n) is 4.83. The maximum absolute atomic E-state index is 5.83. The van der Waals surface area contributed by atoms with E-state index in [4.69, 9.17) is 10.5 Å². The smallest absolute Gasteiger partial charge is 0.162 e. The Morgan fingerprint density at radius 1 is 1.20 bits per heavy atom. The molecule has 1 heterocycles. The number of ether oxygens (including phenoxy) is 1. The van der Waals surface area contributed by atoms with Crippen LogP contribution in [0.1, 0.15) is 37.0 Å². The molecule has 1 aromatic carbocycles. The fourth-order valence-electron chi connectivity index (χ4n) is 2.10. The Labute approximate surface area is 120 Å². The molecule has 4 nitrogen and oxygen atoms in total. The zero-order chi connectivity index (χ0) is 14.4. The van der Waals surface area contributed by atoms with E-state index in [-0.39, 0.29) is 12.1 Å². The summed E-state index contributed by atoms with van der Waals surface area (Å²) in [5, 5.41) is 0. The van der Waals surface area contributed by atoms with Gasteiger partial charge in [-0.05, 0) is 25.5 Å². The molecule has 2 rings (SSSR count). The predicted octanol–water partition coefficient (Wildman–Crippen LogP) is 2.49. The first-order valence-electron chi connectivity index (χ1n) is 6.94. The standard InChI is InChI=1S/C16H21N3O/c1-3-20-15(13-7-5-4-6-8-13)16-18-10-9-14(19-16)11-12(2)17/h4-10,12,15H,3,11,17H2,1-2H3. The van der Waals surface area contributed by atoms with Gasteiger partial charge in [-0.3, -0.25) is 0 Å². The van der Waals surface area contributed by atoms with Crippen LogP contribution < -0.4 is 5.73 Å². The van der Waals surface area contributed by atoms with Gasteiger partial charge in [-0.1, -0.05) is 30.3 Å². The number of hydrogen-bond donors (Lipinski definition) is 1. The van der Waals surface area contributed by atoms with Gasteiger partial charge in [0, 0.05) is 31.0 Å². The molecule has 20 heavy (non-hydrogen) atoms. The Balaban J connectivity index is 2.30. The lowest BCUT2D eigenvalue weighted by molar-refractivity contribution is 0.0849. The summed E-state index contributed by atoms with van der Waals surface area (Å²) in [4.78, 5) is 8.96. The van der Waals surface area contributed by atoms with Crippen molar-refractivity contribution in [1.29, 1.82) is 0 Å². The van der Waals surface area contributed by atoms with E-state index in [0.29, 0.717) is 12.4 Å². The maximum atomic E-state index is 5.83. The molecule has 0 saturated carbocycles. The summed E-state index contributed by atoms with van der Waals surface area (Å²) < 4.78 is 5.82. The molecule has 0 saturated heterocycles. The molecule has 0 aliphatic rings. The Morgan fingerprint density at radius 3 is 2.60 bits per heavy atom. The molecular formula is C16H21N3O. The van der Waals surface area contributed by atoms with E-state index in [1.807, 2.05) is 50.2 Å². The lowest BCUT2D eigenvalue weighted by atomic mass is 10.1. The minimum absolute atomic E-state index is 0.0834. The third kappa shape index (κ3) is 3.85. The van der Waals surface area contributed by atoms with Crippen LogP contribution in [-0.2, 0) is 11.2 Å². The monoisotopic (exact) mass is 271 g/mol. The first-order chi connectivity index (χ1) is 9.70. The van der Waals surface area contributed by atoms with Crippen molar-refractivity contribution in [2.75, 3.05) is 6.61 Å². The van der Waals surface area contributed by atoms with Crippen LogP contribution in [0.3, 0.4) is 0 Å². The summed E-state index contributed by atoms with van der Waals surface area (Å²) in [6, 6.07) is 12.0. The molecule has 4 heteroatoms. The quantitative estimate of drug-likeness (QED) is 0.877. The summed E-state index contributed by atoms with van der Waals surface area (Å²) in [5.74, 6) is 0.691. The number of nitrogens with two attached hydrogens (primary N) is 1. The Hall–Kier alpha value is -1.78. The van der Waals surface area contributed by atoms with Crippen molar-refractivity contribution in [2.45, 2.75) is 32.4 Å². The minimum Gasteiger partial charge on any atom is -0.366 e. The molecule has 2 aromatic rings. The fourth-order valence-corrected chi connectivity index (χ4v) is 2.10. The van der Waals surface area contributed by atoms with Crippen LogP contribution in [0.25, 0.3) is 0 Å². The normalized spacial score (nSPS) is 13.9. The molecule has 1 aromatic heterocycles. The van der Waals surface area contributed by atoms with Crippen LogP contribution in [0.5, 0.6) is 0 Å². The summed E-state index contributed by atoms with van der Waals surface area (Å²) in [5.41, 5.74) is 7.84. The Kier molecular flexibility index (Phi) is 5.21.